The van der Waals surface area contributed by atoms with E-state index in [2.05, 4.69) is 10.3 Å². The lowest BCUT2D eigenvalue weighted by Gasteiger charge is -2.13. The molecule has 0 spiro atoms. The number of hydrogen-bond acceptors (Lipinski definition) is 4. The number of pyridine rings is 1. The van der Waals surface area contributed by atoms with E-state index in [4.69, 9.17) is 0 Å². The van der Waals surface area contributed by atoms with Crippen LogP contribution >= 0.6 is 0 Å². The molecule has 3 rings (SSSR count). The Balaban J connectivity index is 1.88. The third kappa shape index (κ3) is 5.51. The fourth-order valence-corrected chi connectivity index (χ4v) is 4.42. The summed E-state index contributed by atoms with van der Waals surface area (Å²) in [7, 11) is -4.40. The molecule has 0 saturated carbocycles. The molecule has 0 aliphatic heterocycles. The molecule has 1 amide bonds. The van der Waals surface area contributed by atoms with Crippen LogP contribution in [0.25, 0.3) is 0 Å². The molecule has 1 heterocycles. The van der Waals surface area contributed by atoms with Gasteiger partial charge in [-0.15, -0.1) is 0 Å². The van der Waals surface area contributed by atoms with Crippen molar-refractivity contribution in [1.82, 2.24) is 10.3 Å². The number of nitrogens with zero attached hydrogens (tertiary/aromatic N) is 1. The first-order chi connectivity index (χ1) is 15.3. The summed E-state index contributed by atoms with van der Waals surface area (Å²) in [6, 6.07) is 10.1. The molecule has 0 fully saturated rings. The van der Waals surface area contributed by atoms with Gasteiger partial charge in [-0.1, -0.05) is 24.3 Å². The molecule has 1 N–H and O–H groups in total. The Bertz CT molecular complexity index is 1290. The van der Waals surface area contributed by atoms with Gasteiger partial charge >= 0.3 is 12.4 Å². The molecule has 0 bridgehead atoms. The average molecular weight is 488 g/mol. The molecule has 0 aliphatic rings. The standard InChI is InChI=1S/C21H14F6N2O3S/c22-20(23,24)15-5-3-6-16(11-15)33(31,32)17-7-2-1-4-14(17)12-29-19(30)13-8-9-28-18(10-13)21(25,26)27/h1-11H,12H2,(H,29,30). The van der Waals surface area contributed by atoms with Gasteiger partial charge < -0.3 is 5.32 Å². The molecular formula is C21H14F6N2O3S. The summed E-state index contributed by atoms with van der Waals surface area (Å²) in [6.07, 6.45) is -8.70. The van der Waals surface area contributed by atoms with Gasteiger partial charge in [0.2, 0.25) is 9.84 Å². The summed E-state index contributed by atoms with van der Waals surface area (Å²) >= 11 is 0. The maximum Gasteiger partial charge on any atom is 0.433 e. The van der Waals surface area contributed by atoms with Crippen molar-refractivity contribution < 1.29 is 39.6 Å². The number of hydrogen-bond donors (Lipinski definition) is 1. The van der Waals surface area contributed by atoms with E-state index >= 15 is 0 Å². The molecule has 33 heavy (non-hydrogen) atoms. The predicted octanol–water partition coefficient (Wildman–Crippen LogP) is 4.88. The molecule has 1 aromatic heterocycles. The summed E-state index contributed by atoms with van der Waals surface area (Å²) in [5, 5.41) is 2.32. The SMILES string of the molecule is O=C(NCc1ccccc1S(=O)(=O)c1cccc(C(F)(F)F)c1)c1ccnc(C(F)(F)F)c1. The lowest BCUT2D eigenvalue weighted by Crippen LogP contribution is -2.24. The van der Waals surface area contributed by atoms with Crippen molar-refractivity contribution in [3.05, 3.63) is 89.2 Å². The van der Waals surface area contributed by atoms with E-state index in [0.29, 0.717) is 12.1 Å². The van der Waals surface area contributed by atoms with Gasteiger partial charge in [0.05, 0.1) is 15.4 Å². The van der Waals surface area contributed by atoms with Gasteiger partial charge in [-0.05, 0) is 42.0 Å². The van der Waals surface area contributed by atoms with Gasteiger partial charge in [-0.3, -0.25) is 9.78 Å². The molecule has 5 nitrogen and oxygen atoms in total. The molecule has 0 aliphatic carbocycles. The predicted molar refractivity (Wildman–Crippen MR) is 104 cm³/mol. The lowest BCUT2D eigenvalue weighted by atomic mass is 10.2. The smallest absolute Gasteiger partial charge is 0.348 e. The van der Waals surface area contributed by atoms with Crippen LogP contribution in [0.15, 0.2) is 76.7 Å². The van der Waals surface area contributed by atoms with Crippen LogP contribution in [0.1, 0.15) is 27.2 Å². The van der Waals surface area contributed by atoms with Gasteiger partial charge in [0, 0.05) is 18.3 Å². The van der Waals surface area contributed by atoms with E-state index in [9.17, 15) is 39.6 Å². The number of aromatic nitrogens is 1. The summed E-state index contributed by atoms with van der Waals surface area (Å²) in [4.78, 5) is 14.5. The molecule has 2 aromatic carbocycles. The minimum Gasteiger partial charge on any atom is -0.348 e. The van der Waals surface area contributed by atoms with E-state index in [-0.39, 0.29) is 16.0 Å². The summed E-state index contributed by atoms with van der Waals surface area (Å²) in [5.41, 5.74) is -2.74. The molecule has 0 atom stereocenters. The average Bonchev–Trinajstić information content (AvgIpc) is 2.76. The van der Waals surface area contributed by atoms with Crippen LogP contribution in [0.4, 0.5) is 26.3 Å². The molecule has 0 radical (unpaired) electrons. The second-order valence-electron chi connectivity index (χ2n) is 6.75. The lowest BCUT2D eigenvalue weighted by molar-refractivity contribution is -0.141. The zero-order valence-electron chi connectivity index (χ0n) is 16.4. The van der Waals surface area contributed by atoms with Crippen LogP contribution in [0.2, 0.25) is 0 Å². The topological polar surface area (TPSA) is 76.1 Å². The number of halogens is 6. The highest BCUT2D eigenvalue weighted by molar-refractivity contribution is 7.91. The van der Waals surface area contributed by atoms with Crippen molar-refractivity contribution in [2.45, 2.75) is 28.7 Å². The Hall–Kier alpha value is -3.41. The van der Waals surface area contributed by atoms with E-state index in [1.165, 1.54) is 18.2 Å². The van der Waals surface area contributed by atoms with E-state index in [1.54, 1.807) is 0 Å². The van der Waals surface area contributed by atoms with Crippen molar-refractivity contribution in [2.75, 3.05) is 0 Å². The van der Waals surface area contributed by atoms with Crippen molar-refractivity contribution in [3.8, 4) is 0 Å². The second-order valence-corrected chi connectivity index (χ2v) is 8.67. The van der Waals surface area contributed by atoms with Crippen LogP contribution in [0.5, 0.6) is 0 Å². The highest BCUT2D eigenvalue weighted by Crippen LogP contribution is 2.32. The normalized spacial score (nSPS) is 12.4. The Morgan fingerprint density at radius 2 is 1.58 bits per heavy atom. The molecule has 3 aromatic rings. The Morgan fingerprint density at radius 3 is 2.24 bits per heavy atom. The molecule has 174 valence electrons. The molecular weight excluding hydrogens is 474 g/mol. The quantitative estimate of drug-likeness (QED) is 0.520. The van der Waals surface area contributed by atoms with Crippen LogP contribution in [0.3, 0.4) is 0 Å². The Morgan fingerprint density at radius 1 is 0.879 bits per heavy atom. The highest BCUT2D eigenvalue weighted by atomic mass is 32.2. The largest absolute Gasteiger partial charge is 0.433 e. The fourth-order valence-electron chi connectivity index (χ4n) is 2.88. The minimum absolute atomic E-state index is 0.0355. The number of carbonyl (C=O) groups excluding carboxylic acids is 1. The molecule has 0 unspecified atom stereocenters. The second kappa shape index (κ2) is 8.85. The number of sulfone groups is 1. The minimum atomic E-state index is -4.76. The first-order valence-corrected chi connectivity index (χ1v) is 10.6. The van der Waals surface area contributed by atoms with Crippen LogP contribution < -0.4 is 5.32 Å². The Labute approximate surface area is 184 Å². The van der Waals surface area contributed by atoms with Crippen molar-refractivity contribution in [3.63, 3.8) is 0 Å². The first kappa shape index (κ1) is 24.2. The van der Waals surface area contributed by atoms with Gasteiger partial charge in [-0.25, -0.2) is 8.42 Å². The summed E-state index contributed by atoms with van der Waals surface area (Å²) in [5.74, 6) is -0.922. The zero-order chi connectivity index (χ0) is 24.4. The van der Waals surface area contributed by atoms with Crippen molar-refractivity contribution in [1.29, 1.82) is 0 Å². The number of carbonyl (C=O) groups is 1. The maximum absolute atomic E-state index is 13.0. The van der Waals surface area contributed by atoms with E-state index in [0.717, 1.165) is 36.5 Å². The summed E-state index contributed by atoms with van der Waals surface area (Å²) in [6.45, 7) is -0.406. The number of amides is 1. The van der Waals surface area contributed by atoms with E-state index < -0.39 is 50.8 Å². The summed E-state index contributed by atoms with van der Waals surface area (Å²) < 4.78 is 103. The number of nitrogens with one attached hydrogen (secondary N) is 1. The number of alkyl halides is 6. The van der Waals surface area contributed by atoms with Crippen LogP contribution in [-0.2, 0) is 28.7 Å². The third-order valence-electron chi connectivity index (χ3n) is 4.49. The zero-order valence-corrected chi connectivity index (χ0v) is 17.2. The van der Waals surface area contributed by atoms with Crippen molar-refractivity contribution >= 4 is 15.7 Å². The van der Waals surface area contributed by atoms with Gasteiger partial charge in [-0.2, -0.15) is 26.3 Å². The maximum atomic E-state index is 13.0. The molecule has 12 heteroatoms. The van der Waals surface area contributed by atoms with Crippen LogP contribution in [0, 0.1) is 0 Å². The van der Waals surface area contributed by atoms with Crippen molar-refractivity contribution in [2.24, 2.45) is 0 Å². The number of benzene rings is 2. The number of rotatable bonds is 5. The van der Waals surface area contributed by atoms with E-state index in [1.807, 2.05) is 0 Å². The van der Waals surface area contributed by atoms with Crippen LogP contribution in [-0.4, -0.2) is 19.3 Å². The van der Waals surface area contributed by atoms with Gasteiger partial charge in [0.15, 0.2) is 0 Å². The molecule has 0 saturated heterocycles. The Kier molecular flexibility index (Phi) is 6.50. The monoisotopic (exact) mass is 488 g/mol. The fraction of sp³-hybridized carbons (Fsp3) is 0.143. The van der Waals surface area contributed by atoms with Gasteiger partial charge in [0.1, 0.15) is 5.69 Å². The highest BCUT2D eigenvalue weighted by Gasteiger charge is 2.33. The first-order valence-electron chi connectivity index (χ1n) is 9.12. The third-order valence-corrected chi connectivity index (χ3v) is 6.34. The van der Waals surface area contributed by atoms with Gasteiger partial charge in [0.25, 0.3) is 5.91 Å².